The average Bonchev–Trinajstić information content (AvgIpc) is 3.58. The number of hydrogen-bond donors (Lipinski definition) is 12. The molecule has 0 aliphatic carbocycles. The largest absolute Gasteiger partial charge is 0.394 e. The Balaban J connectivity index is 1.33. The predicted octanol–water partition coefficient (Wildman–Crippen LogP) is 5.48. The highest BCUT2D eigenvalue weighted by molar-refractivity contribution is 5.76. The first kappa shape index (κ1) is 71.0. The molecule has 12 N–H and O–H groups in total. The van der Waals surface area contributed by atoms with Gasteiger partial charge in [0.15, 0.2) is 18.9 Å². The molecule has 19 heteroatoms. The van der Waals surface area contributed by atoms with Crippen LogP contribution < -0.4 is 5.32 Å². The van der Waals surface area contributed by atoms with Gasteiger partial charge >= 0.3 is 0 Å². The third kappa shape index (κ3) is 27.3. The molecule has 3 aliphatic rings. The number of ether oxygens (including phenoxy) is 6. The molecule has 3 saturated heterocycles. The molecule has 1 amide bonds. The maximum Gasteiger partial charge on any atom is 0.220 e. The van der Waals surface area contributed by atoms with E-state index in [9.17, 15) is 61.0 Å². The van der Waals surface area contributed by atoms with Crippen LogP contribution in [0.5, 0.6) is 0 Å². The van der Waals surface area contributed by atoms with Gasteiger partial charge in [-0.3, -0.25) is 4.79 Å². The first-order chi connectivity index (χ1) is 38.3. The minimum atomic E-state index is -1.98. The van der Waals surface area contributed by atoms with Crippen LogP contribution in [0.25, 0.3) is 0 Å². The van der Waals surface area contributed by atoms with Crippen molar-refractivity contribution in [2.45, 2.75) is 298 Å². The van der Waals surface area contributed by atoms with Crippen molar-refractivity contribution in [2.24, 2.45) is 0 Å². The number of rotatable bonds is 44. The average molecular weight is 1130 g/mol. The molecule has 0 aromatic carbocycles. The molecule has 79 heavy (non-hydrogen) atoms. The van der Waals surface area contributed by atoms with Crippen LogP contribution >= 0.6 is 0 Å². The monoisotopic (exact) mass is 1130 g/mol. The van der Waals surface area contributed by atoms with E-state index < -0.39 is 124 Å². The molecule has 0 radical (unpaired) electrons. The number of carbonyl (C=O) groups excluding carboxylic acids is 1. The van der Waals surface area contributed by atoms with Crippen LogP contribution in [0.4, 0.5) is 0 Å². The van der Waals surface area contributed by atoms with E-state index in [2.05, 4.69) is 55.6 Å². The summed E-state index contributed by atoms with van der Waals surface area (Å²) in [6.07, 6.45) is 21.9. The van der Waals surface area contributed by atoms with Crippen molar-refractivity contribution in [3.8, 4) is 0 Å². The molecule has 0 bridgehead atoms. The predicted molar refractivity (Wildman–Crippen MR) is 300 cm³/mol. The number of aliphatic hydroxyl groups excluding tert-OH is 11. The maximum atomic E-state index is 13.2. The van der Waals surface area contributed by atoms with Crippen molar-refractivity contribution < 1.29 is 89.4 Å². The van der Waals surface area contributed by atoms with Crippen molar-refractivity contribution in [3.63, 3.8) is 0 Å². The molecule has 19 nitrogen and oxygen atoms in total. The number of allylic oxidation sites excluding steroid dienone is 7. The number of hydrogen-bond acceptors (Lipinski definition) is 18. The Morgan fingerprint density at radius 2 is 0.835 bits per heavy atom. The quantitative estimate of drug-likeness (QED) is 0.0265. The van der Waals surface area contributed by atoms with Gasteiger partial charge in [0.25, 0.3) is 0 Å². The third-order valence-corrected chi connectivity index (χ3v) is 15.1. The number of carbonyl (C=O) groups is 1. The topological polar surface area (TPSA) is 307 Å². The lowest BCUT2D eigenvalue weighted by molar-refractivity contribution is -0.379. The van der Waals surface area contributed by atoms with Crippen LogP contribution in [0, 0.1) is 0 Å². The van der Waals surface area contributed by atoms with E-state index in [0.29, 0.717) is 6.42 Å². The Hall–Kier alpha value is -2.25. The summed E-state index contributed by atoms with van der Waals surface area (Å²) in [6.45, 7) is 1.57. The summed E-state index contributed by atoms with van der Waals surface area (Å²) in [6, 6.07) is -0.970. The molecule has 0 saturated carbocycles. The Morgan fingerprint density at radius 1 is 0.456 bits per heavy atom. The van der Waals surface area contributed by atoms with Crippen LogP contribution in [0.2, 0.25) is 0 Å². The maximum absolute atomic E-state index is 13.2. The van der Waals surface area contributed by atoms with Gasteiger partial charge < -0.3 is 89.9 Å². The molecule has 3 heterocycles. The Morgan fingerprint density at radius 3 is 1.33 bits per heavy atom. The van der Waals surface area contributed by atoms with Crippen LogP contribution in [0.15, 0.2) is 48.6 Å². The lowest BCUT2D eigenvalue weighted by Crippen LogP contribution is -2.66. The highest BCUT2D eigenvalue weighted by Gasteiger charge is 2.53. The number of amides is 1. The smallest absolute Gasteiger partial charge is 0.220 e. The van der Waals surface area contributed by atoms with Crippen molar-refractivity contribution in [3.05, 3.63) is 48.6 Å². The fraction of sp³-hybridized carbons (Fsp3) is 0.850. The summed E-state index contributed by atoms with van der Waals surface area (Å²) in [5.41, 5.74) is 0. The molecule has 3 aliphatic heterocycles. The van der Waals surface area contributed by atoms with Crippen LogP contribution in [-0.2, 0) is 33.2 Å². The van der Waals surface area contributed by atoms with Gasteiger partial charge in [-0.15, -0.1) is 0 Å². The second-order valence-electron chi connectivity index (χ2n) is 21.8. The Bertz CT molecular complexity index is 1630. The van der Waals surface area contributed by atoms with E-state index >= 15 is 0 Å². The zero-order valence-electron chi connectivity index (χ0n) is 47.8. The molecule has 0 aromatic rings. The summed E-state index contributed by atoms with van der Waals surface area (Å²) in [5, 5.41) is 119. The van der Waals surface area contributed by atoms with E-state index in [4.69, 9.17) is 28.4 Å². The molecule has 17 atom stereocenters. The molecule has 3 rings (SSSR count). The van der Waals surface area contributed by atoms with Gasteiger partial charge in [-0.25, -0.2) is 0 Å². The Kier molecular flexibility index (Phi) is 39.0. The SMILES string of the molecule is CCCCC/C=C/C(O)C(COC1OC(CO)C(OC2OC(CO)C(OC3OC(CO)C(O)C(O)C3O)C(O)C2O)C(O)C1O)NC(=O)CCCCCCCCCCCCCCCC/C=C\C/C=C\C/C=C\CCCCCCC. The van der Waals surface area contributed by atoms with Crippen molar-refractivity contribution in [1.29, 1.82) is 0 Å². The summed E-state index contributed by atoms with van der Waals surface area (Å²) in [4.78, 5) is 13.2. The highest BCUT2D eigenvalue weighted by atomic mass is 16.8. The van der Waals surface area contributed by atoms with E-state index in [0.717, 1.165) is 57.8 Å². The summed E-state index contributed by atoms with van der Waals surface area (Å²) in [7, 11) is 0. The highest BCUT2D eigenvalue weighted by Crippen LogP contribution is 2.33. The van der Waals surface area contributed by atoms with Crippen molar-refractivity contribution in [1.82, 2.24) is 5.32 Å². The van der Waals surface area contributed by atoms with Crippen LogP contribution in [0.1, 0.15) is 194 Å². The van der Waals surface area contributed by atoms with Crippen molar-refractivity contribution >= 4 is 5.91 Å². The van der Waals surface area contributed by atoms with Gasteiger partial charge in [-0.1, -0.05) is 178 Å². The lowest BCUT2D eigenvalue weighted by Gasteiger charge is -2.48. The number of unbranched alkanes of at least 4 members (excludes halogenated alkanes) is 22. The van der Waals surface area contributed by atoms with E-state index in [1.807, 2.05) is 6.08 Å². The van der Waals surface area contributed by atoms with Gasteiger partial charge in [0.2, 0.25) is 5.91 Å². The molecule has 3 fully saturated rings. The minimum absolute atomic E-state index is 0.240. The second-order valence-corrected chi connectivity index (χ2v) is 21.8. The first-order valence-corrected chi connectivity index (χ1v) is 30.4. The normalized spacial score (nSPS) is 30.6. The molecular formula is C60H107NO18. The van der Waals surface area contributed by atoms with Crippen LogP contribution in [0.3, 0.4) is 0 Å². The zero-order chi connectivity index (χ0) is 57.6. The molecule has 0 aromatic heterocycles. The third-order valence-electron chi connectivity index (χ3n) is 15.1. The zero-order valence-corrected chi connectivity index (χ0v) is 47.8. The standard InChI is InChI=1S/C60H107NO18/c1-3-5-7-9-10-11-12-13-14-15-16-17-18-19-20-21-22-23-24-25-26-27-28-29-30-31-32-34-36-38-48(66)61-43(44(65)37-35-33-8-6-4-2)42-74-58-54(72)51(69)56(46(40-63)76-58)79-60-55(73)52(70)57(47(41-64)77-60)78-59-53(71)50(68)49(67)45(39-62)75-59/h12-13,15-16,18-19,35,37,43-47,49-60,62-65,67-73H,3-11,14,17,20-34,36,38-42H2,1-2H3,(H,61,66)/b13-12-,16-15-,19-18-,37-35+. The van der Waals surface area contributed by atoms with Crippen LogP contribution in [-0.4, -0.2) is 193 Å². The van der Waals surface area contributed by atoms with Gasteiger partial charge in [-0.05, 0) is 57.8 Å². The van der Waals surface area contributed by atoms with Crippen molar-refractivity contribution in [2.75, 3.05) is 26.4 Å². The molecule has 17 unspecified atom stereocenters. The van der Waals surface area contributed by atoms with E-state index in [1.165, 1.54) is 109 Å². The lowest BCUT2D eigenvalue weighted by atomic mass is 9.96. The van der Waals surface area contributed by atoms with Gasteiger partial charge in [-0.2, -0.15) is 0 Å². The van der Waals surface area contributed by atoms with Gasteiger partial charge in [0, 0.05) is 6.42 Å². The summed E-state index contributed by atoms with van der Waals surface area (Å²) in [5.74, 6) is -0.285. The molecule has 0 spiro atoms. The van der Waals surface area contributed by atoms with Gasteiger partial charge in [0.05, 0.1) is 38.6 Å². The molecular weight excluding hydrogens is 1020 g/mol. The second kappa shape index (κ2) is 43.4. The summed E-state index contributed by atoms with van der Waals surface area (Å²) < 4.78 is 34.0. The number of nitrogens with one attached hydrogen (secondary N) is 1. The van der Waals surface area contributed by atoms with E-state index in [-0.39, 0.29) is 18.9 Å². The summed E-state index contributed by atoms with van der Waals surface area (Å²) >= 11 is 0. The fourth-order valence-electron chi connectivity index (χ4n) is 10.1. The first-order valence-electron chi connectivity index (χ1n) is 30.4. The molecule has 460 valence electrons. The van der Waals surface area contributed by atoms with Gasteiger partial charge in [0.1, 0.15) is 73.2 Å². The Labute approximate surface area is 472 Å². The minimum Gasteiger partial charge on any atom is -0.394 e. The van der Waals surface area contributed by atoms with E-state index in [1.54, 1.807) is 6.08 Å². The number of aliphatic hydroxyl groups is 11. The fourth-order valence-corrected chi connectivity index (χ4v) is 10.1.